The van der Waals surface area contributed by atoms with Crippen molar-refractivity contribution in [2.75, 3.05) is 31.7 Å². The average molecular weight is 489 g/mol. The minimum atomic E-state index is 0.319. The largest absolute Gasteiger partial charge is 0.508 e. The van der Waals surface area contributed by atoms with Crippen LogP contribution in [0.15, 0.2) is 60.7 Å². The third kappa shape index (κ3) is 6.33. The van der Waals surface area contributed by atoms with Crippen LogP contribution in [0.5, 0.6) is 17.2 Å². The van der Waals surface area contributed by atoms with Crippen molar-refractivity contribution >= 4 is 5.69 Å². The predicted molar refractivity (Wildman–Crippen MR) is 148 cm³/mol. The summed E-state index contributed by atoms with van der Waals surface area (Å²) in [5.41, 5.74) is 6.47. The lowest BCUT2D eigenvalue weighted by atomic mass is 9.79. The molecule has 0 aliphatic heterocycles. The number of fused-ring (bicyclic) bond motifs is 1. The summed E-state index contributed by atoms with van der Waals surface area (Å²) in [5, 5.41) is 13.2. The highest BCUT2D eigenvalue weighted by molar-refractivity contribution is 5.60. The quantitative estimate of drug-likeness (QED) is 0.321. The van der Waals surface area contributed by atoms with Gasteiger partial charge in [0.25, 0.3) is 0 Å². The fourth-order valence-electron chi connectivity index (χ4n) is 5.10. The van der Waals surface area contributed by atoms with E-state index in [1.165, 1.54) is 27.9 Å². The highest BCUT2D eigenvalue weighted by Crippen LogP contribution is 2.40. The number of aromatic hydroxyl groups is 1. The van der Waals surface area contributed by atoms with Crippen LogP contribution in [0.3, 0.4) is 0 Å². The monoisotopic (exact) mass is 488 g/mol. The second-order valence-electron chi connectivity index (χ2n) is 9.89. The standard InChI is InChI=1S/C31H40N2O3/c1-5-32-16-17-36-28-12-6-23(7-13-28)21-33(22(2)3)31-20-29(35-4)14-15-30(31)26-9-8-25-19-27(34)11-10-24(25)18-26/h6-7,10-15,19-20,22,26,32,34H,5,8-9,16-18,21H2,1-4H3. The number of rotatable bonds is 11. The van der Waals surface area contributed by atoms with Gasteiger partial charge in [0.05, 0.1) is 7.11 Å². The molecule has 5 heteroatoms. The van der Waals surface area contributed by atoms with Crippen molar-refractivity contribution < 1.29 is 14.6 Å². The number of ether oxygens (including phenoxy) is 2. The molecule has 0 radical (unpaired) electrons. The number of nitrogens with one attached hydrogen (secondary N) is 1. The van der Waals surface area contributed by atoms with Crippen LogP contribution >= 0.6 is 0 Å². The van der Waals surface area contributed by atoms with E-state index in [2.05, 4.69) is 79.5 Å². The summed E-state index contributed by atoms with van der Waals surface area (Å²) < 4.78 is 11.5. The van der Waals surface area contributed by atoms with E-state index >= 15 is 0 Å². The zero-order valence-corrected chi connectivity index (χ0v) is 22.1. The number of phenols is 1. The minimum absolute atomic E-state index is 0.319. The molecule has 0 bridgehead atoms. The highest BCUT2D eigenvalue weighted by Gasteiger charge is 2.26. The molecule has 0 saturated carbocycles. The van der Waals surface area contributed by atoms with E-state index in [0.717, 1.165) is 50.4 Å². The van der Waals surface area contributed by atoms with Crippen molar-refractivity contribution in [3.8, 4) is 17.2 Å². The van der Waals surface area contributed by atoms with Crippen molar-refractivity contribution in [2.24, 2.45) is 0 Å². The number of hydrogen-bond acceptors (Lipinski definition) is 5. The molecule has 0 heterocycles. The Morgan fingerprint density at radius 3 is 2.50 bits per heavy atom. The maximum absolute atomic E-state index is 9.90. The van der Waals surface area contributed by atoms with E-state index in [1.54, 1.807) is 7.11 Å². The number of anilines is 1. The summed E-state index contributed by atoms with van der Waals surface area (Å²) >= 11 is 0. The van der Waals surface area contributed by atoms with Gasteiger partial charge in [0, 0.05) is 30.9 Å². The molecule has 0 amide bonds. The average Bonchev–Trinajstić information content (AvgIpc) is 2.89. The van der Waals surface area contributed by atoms with Gasteiger partial charge in [-0.1, -0.05) is 31.2 Å². The molecule has 3 aromatic rings. The lowest BCUT2D eigenvalue weighted by molar-refractivity contribution is 0.315. The molecule has 5 nitrogen and oxygen atoms in total. The second-order valence-corrected chi connectivity index (χ2v) is 9.89. The molecule has 0 saturated heterocycles. The predicted octanol–water partition coefficient (Wildman–Crippen LogP) is 6.08. The first-order valence-electron chi connectivity index (χ1n) is 13.2. The molecule has 36 heavy (non-hydrogen) atoms. The summed E-state index contributed by atoms with van der Waals surface area (Å²) in [6, 6.07) is 21.1. The molecule has 1 aliphatic carbocycles. The molecule has 4 rings (SSSR count). The Balaban J connectivity index is 1.57. The zero-order valence-electron chi connectivity index (χ0n) is 22.1. The number of nitrogens with zero attached hydrogens (tertiary/aromatic N) is 1. The van der Waals surface area contributed by atoms with Gasteiger partial charge in [-0.05, 0) is 98.2 Å². The molecule has 1 atom stereocenters. The summed E-state index contributed by atoms with van der Waals surface area (Å²) in [6.07, 6.45) is 3.04. The summed E-state index contributed by atoms with van der Waals surface area (Å²) in [7, 11) is 1.73. The second kappa shape index (κ2) is 12.2. The van der Waals surface area contributed by atoms with Crippen LogP contribution in [-0.4, -0.2) is 38.0 Å². The number of phenolic OH excluding ortho intramolecular Hbond substituents is 1. The number of benzene rings is 3. The summed E-state index contributed by atoms with van der Waals surface area (Å²) in [4.78, 5) is 2.48. The molecule has 0 fully saturated rings. The smallest absolute Gasteiger partial charge is 0.120 e. The summed E-state index contributed by atoms with van der Waals surface area (Å²) in [5.74, 6) is 2.57. The van der Waals surface area contributed by atoms with Crippen molar-refractivity contribution in [1.29, 1.82) is 0 Å². The van der Waals surface area contributed by atoms with Gasteiger partial charge in [0.2, 0.25) is 0 Å². The van der Waals surface area contributed by atoms with Crippen molar-refractivity contribution in [2.45, 2.75) is 58.5 Å². The Morgan fingerprint density at radius 2 is 1.78 bits per heavy atom. The van der Waals surface area contributed by atoms with E-state index in [0.29, 0.717) is 24.3 Å². The van der Waals surface area contributed by atoms with Crippen LogP contribution < -0.4 is 19.7 Å². The number of aryl methyl sites for hydroxylation is 1. The lowest BCUT2D eigenvalue weighted by Gasteiger charge is -2.35. The third-order valence-electron chi connectivity index (χ3n) is 7.10. The zero-order chi connectivity index (χ0) is 25.5. The van der Waals surface area contributed by atoms with Crippen LogP contribution in [-0.2, 0) is 19.4 Å². The van der Waals surface area contributed by atoms with E-state index in [9.17, 15) is 5.11 Å². The molecule has 3 aromatic carbocycles. The normalized spacial score (nSPS) is 15.0. The Hall–Kier alpha value is -3.18. The highest BCUT2D eigenvalue weighted by atomic mass is 16.5. The van der Waals surface area contributed by atoms with Gasteiger partial charge >= 0.3 is 0 Å². The first kappa shape index (κ1) is 25.9. The van der Waals surface area contributed by atoms with Crippen LogP contribution in [0.2, 0.25) is 0 Å². The summed E-state index contributed by atoms with van der Waals surface area (Å²) in [6.45, 7) is 9.89. The molecule has 0 spiro atoms. The molecular formula is C31H40N2O3. The molecule has 1 unspecified atom stereocenters. The first-order valence-corrected chi connectivity index (χ1v) is 13.2. The van der Waals surface area contributed by atoms with Gasteiger partial charge in [-0.2, -0.15) is 0 Å². The van der Waals surface area contributed by atoms with Crippen LogP contribution in [0.1, 0.15) is 55.4 Å². The Labute approximate surface area is 216 Å². The Kier molecular flexibility index (Phi) is 8.76. The van der Waals surface area contributed by atoms with Gasteiger partial charge in [-0.25, -0.2) is 0 Å². The third-order valence-corrected chi connectivity index (χ3v) is 7.10. The van der Waals surface area contributed by atoms with E-state index in [4.69, 9.17) is 9.47 Å². The van der Waals surface area contributed by atoms with E-state index in [1.807, 2.05) is 12.1 Å². The first-order chi connectivity index (χ1) is 17.5. The maximum atomic E-state index is 9.90. The molecule has 0 aromatic heterocycles. The van der Waals surface area contributed by atoms with Gasteiger partial charge in [-0.3, -0.25) is 0 Å². The number of hydrogen-bond donors (Lipinski definition) is 2. The van der Waals surface area contributed by atoms with Crippen molar-refractivity contribution in [3.05, 3.63) is 82.9 Å². The fraction of sp³-hybridized carbons (Fsp3) is 0.419. The molecular weight excluding hydrogens is 448 g/mol. The number of methoxy groups -OCH3 is 1. The lowest BCUT2D eigenvalue weighted by Crippen LogP contribution is -2.31. The van der Waals surface area contributed by atoms with Crippen LogP contribution in [0.4, 0.5) is 5.69 Å². The molecule has 1 aliphatic rings. The van der Waals surface area contributed by atoms with Crippen molar-refractivity contribution in [3.63, 3.8) is 0 Å². The maximum Gasteiger partial charge on any atom is 0.120 e. The topological polar surface area (TPSA) is 54.0 Å². The molecule has 192 valence electrons. The fourth-order valence-corrected chi connectivity index (χ4v) is 5.10. The number of likely N-dealkylation sites (N-methyl/N-ethyl adjacent to an activating group) is 1. The van der Waals surface area contributed by atoms with E-state index < -0.39 is 0 Å². The SMILES string of the molecule is CCNCCOc1ccc(CN(c2cc(OC)ccc2C2CCc3cc(O)ccc3C2)C(C)C)cc1. The van der Waals surface area contributed by atoms with E-state index in [-0.39, 0.29) is 0 Å². The van der Waals surface area contributed by atoms with Gasteiger partial charge in [0.1, 0.15) is 23.9 Å². The van der Waals surface area contributed by atoms with Gasteiger partial charge in [0.15, 0.2) is 0 Å². The van der Waals surface area contributed by atoms with Gasteiger partial charge in [-0.15, -0.1) is 0 Å². The minimum Gasteiger partial charge on any atom is -0.508 e. The van der Waals surface area contributed by atoms with Crippen molar-refractivity contribution in [1.82, 2.24) is 5.32 Å². The molecule has 2 N–H and O–H groups in total. The van der Waals surface area contributed by atoms with Crippen LogP contribution in [0.25, 0.3) is 0 Å². The Bertz CT molecular complexity index is 1130. The van der Waals surface area contributed by atoms with Crippen LogP contribution in [0, 0.1) is 0 Å². The van der Waals surface area contributed by atoms with Gasteiger partial charge < -0.3 is 24.8 Å². The Morgan fingerprint density at radius 1 is 1.00 bits per heavy atom.